The molecule has 3 aromatic rings. The molecule has 1 amide bonds. The Morgan fingerprint density at radius 1 is 1.03 bits per heavy atom. The average molecular weight is 518 g/mol. The number of hydrogen-bond donors (Lipinski definition) is 0. The summed E-state index contributed by atoms with van der Waals surface area (Å²) in [5.41, 5.74) is 1.81. The summed E-state index contributed by atoms with van der Waals surface area (Å²) in [5.74, 6) is 4.15. The van der Waals surface area contributed by atoms with Gasteiger partial charge in [-0.25, -0.2) is 0 Å². The Kier molecular flexibility index (Phi) is 7.06. The van der Waals surface area contributed by atoms with E-state index in [0.29, 0.717) is 23.6 Å². The van der Waals surface area contributed by atoms with Crippen molar-refractivity contribution in [2.24, 2.45) is 17.8 Å². The standard InChI is InChI=1S/C30H39N5O3/c1-3-26-32-27(37-34-26)22-11-7-13-25(17-22)35(28(36)21-9-5-4-6-10-21)19-24-14-16-30(15-8-12-23(24)18-30)29-31-20(2)33-38-29/h7,11,13,17,21,23-24H,3-6,8-10,12,14-16,18-19H2,1-2H3. The summed E-state index contributed by atoms with van der Waals surface area (Å²) in [7, 11) is 0. The number of carbonyl (C=O) groups is 1. The van der Waals surface area contributed by atoms with Gasteiger partial charge in [-0.3, -0.25) is 4.79 Å². The van der Waals surface area contributed by atoms with Crippen LogP contribution in [0.3, 0.4) is 0 Å². The summed E-state index contributed by atoms with van der Waals surface area (Å²) in [4.78, 5) is 25.4. The minimum atomic E-state index is 0.00768. The van der Waals surface area contributed by atoms with E-state index in [0.717, 1.165) is 87.3 Å². The van der Waals surface area contributed by atoms with Crippen molar-refractivity contribution in [3.8, 4) is 11.5 Å². The monoisotopic (exact) mass is 517 g/mol. The van der Waals surface area contributed by atoms with Gasteiger partial charge < -0.3 is 13.9 Å². The van der Waals surface area contributed by atoms with Gasteiger partial charge in [-0.05, 0) is 75.5 Å². The van der Waals surface area contributed by atoms with E-state index in [1.807, 2.05) is 26.0 Å². The van der Waals surface area contributed by atoms with E-state index < -0.39 is 0 Å². The van der Waals surface area contributed by atoms with E-state index in [-0.39, 0.29) is 17.2 Å². The normalized spacial score (nSPS) is 25.8. The molecule has 3 fully saturated rings. The van der Waals surface area contributed by atoms with Gasteiger partial charge in [-0.1, -0.05) is 55.4 Å². The Morgan fingerprint density at radius 2 is 1.89 bits per heavy atom. The van der Waals surface area contributed by atoms with Gasteiger partial charge in [-0.15, -0.1) is 0 Å². The summed E-state index contributed by atoms with van der Waals surface area (Å²) in [5, 5.41) is 8.17. The fraction of sp³-hybridized carbons (Fsp3) is 0.633. The third kappa shape index (κ3) is 4.90. The van der Waals surface area contributed by atoms with Crippen LogP contribution in [0.1, 0.15) is 95.1 Å². The van der Waals surface area contributed by atoms with Crippen molar-refractivity contribution < 1.29 is 13.8 Å². The molecule has 3 aliphatic carbocycles. The SMILES string of the molecule is CCc1noc(-c2cccc(N(CC3CCC4(c5nc(C)no5)CCCC3C4)C(=O)C3CCCCC3)c2)n1. The molecule has 3 saturated carbocycles. The first-order chi connectivity index (χ1) is 18.5. The molecule has 8 nitrogen and oxygen atoms in total. The lowest BCUT2D eigenvalue weighted by Crippen LogP contribution is -2.47. The lowest BCUT2D eigenvalue weighted by molar-refractivity contribution is -0.123. The Morgan fingerprint density at radius 3 is 2.66 bits per heavy atom. The fourth-order valence-electron chi connectivity index (χ4n) is 7.24. The molecule has 0 aliphatic heterocycles. The van der Waals surface area contributed by atoms with E-state index in [1.54, 1.807) is 0 Å². The second kappa shape index (κ2) is 10.6. The zero-order valence-corrected chi connectivity index (χ0v) is 22.7. The zero-order valence-electron chi connectivity index (χ0n) is 22.7. The molecule has 8 heteroatoms. The van der Waals surface area contributed by atoms with Crippen LogP contribution in [-0.2, 0) is 16.6 Å². The largest absolute Gasteiger partial charge is 0.339 e. The van der Waals surface area contributed by atoms with Crippen molar-refractivity contribution in [3.05, 3.63) is 41.8 Å². The highest BCUT2D eigenvalue weighted by Gasteiger charge is 2.48. The maximum atomic E-state index is 14.1. The van der Waals surface area contributed by atoms with Crippen LogP contribution in [0.4, 0.5) is 5.69 Å². The number of aryl methyl sites for hydroxylation is 2. The third-order valence-corrected chi connectivity index (χ3v) is 9.35. The maximum absolute atomic E-state index is 14.1. The number of rotatable bonds is 7. The number of hydrogen-bond acceptors (Lipinski definition) is 7. The van der Waals surface area contributed by atoms with E-state index in [9.17, 15) is 4.79 Å². The molecule has 38 heavy (non-hydrogen) atoms. The van der Waals surface area contributed by atoms with Gasteiger partial charge in [0.05, 0.1) is 0 Å². The number of aromatic nitrogens is 4. The van der Waals surface area contributed by atoms with Gasteiger partial charge in [0.2, 0.25) is 11.8 Å². The minimum Gasteiger partial charge on any atom is -0.339 e. The van der Waals surface area contributed by atoms with Gasteiger partial charge in [0, 0.05) is 35.5 Å². The van der Waals surface area contributed by atoms with Gasteiger partial charge in [0.15, 0.2) is 11.6 Å². The van der Waals surface area contributed by atoms with Crippen LogP contribution in [0, 0.1) is 24.7 Å². The van der Waals surface area contributed by atoms with E-state index in [4.69, 9.17) is 9.05 Å². The summed E-state index contributed by atoms with van der Waals surface area (Å²) in [6.45, 7) is 4.67. The smallest absolute Gasteiger partial charge is 0.257 e. The van der Waals surface area contributed by atoms with Crippen LogP contribution < -0.4 is 4.90 Å². The number of nitrogens with zero attached hydrogens (tertiary/aromatic N) is 5. The molecule has 202 valence electrons. The molecule has 6 rings (SSSR count). The fourth-order valence-corrected chi connectivity index (χ4v) is 7.24. The highest BCUT2D eigenvalue weighted by Crippen LogP contribution is 2.52. The first kappa shape index (κ1) is 25.3. The maximum Gasteiger partial charge on any atom is 0.257 e. The van der Waals surface area contributed by atoms with Crippen LogP contribution in [0.25, 0.3) is 11.5 Å². The molecule has 1 aromatic carbocycles. The average Bonchev–Trinajstić information content (AvgIpc) is 3.63. The van der Waals surface area contributed by atoms with Crippen molar-refractivity contribution in [2.45, 2.75) is 96.3 Å². The molecule has 2 heterocycles. The molecular weight excluding hydrogens is 478 g/mol. The van der Waals surface area contributed by atoms with Crippen LogP contribution in [0.5, 0.6) is 0 Å². The third-order valence-electron chi connectivity index (χ3n) is 9.35. The summed E-state index contributed by atoms with van der Waals surface area (Å²) in [6, 6.07) is 8.12. The lowest BCUT2D eigenvalue weighted by Gasteiger charge is -2.48. The van der Waals surface area contributed by atoms with Crippen LogP contribution >= 0.6 is 0 Å². The molecule has 3 aliphatic rings. The van der Waals surface area contributed by atoms with E-state index in [2.05, 4.69) is 37.3 Å². The van der Waals surface area contributed by atoms with Gasteiger partial charge in [-0.2, -0.15) is 9.97 Å². The van der Waals surface area contributed by atoms with Gasteiger partial charge >= 0.3 is 0 Å². The van der Waals surface area contributed by atoms with Crippen molar-refractivity contribution in [1.82, 2.24) is 20.3 Å². The quantitative estimate of drug-likeness (QED) is 0.355. The molecule has 3 unspecified atom stereocenters. The molecule has 0 N–H and O–H groups in total. The number of fused-ring (bicyclic) bond motifs is 2. The molecule has 2 bridgehead atoms. The van der Waals surface area contributed by atoms with Crippen LogP contribution in [0.2, 0.25) is 0 Å². The predicted octanol–water partition coefficient (Wildman–Crippen LogP) is 6.44. The van der Waals surface area contributed by atoms with Gasteiger partial charge in [0.25, 0.3) is 5.89 Å². The van der Waals surface area contributed by atoms with E-state index >= 15 is 0 Å². The summed E-state index contributed by atoms with van der Waals surface area (Å²) in [6.07, 6.45) is 12.9. The van der Waals surface area contributed by atoms with Crippen molar-refractivity contribution in [2.75, 3.05) is 11.4 Å². The molecule has 0 radical (unpaired) electrons. The van der Waals surface area contributed by atoms with E-state index in [1.165, 1.54) is 19.3 Å². The lowest BCUT2D eigenvalue weighted by atomic mass is 9.58. The number of anilines is 1. The van der Waals surface area contributed by atoms with Gasteiger partial charge in [0.1, 0.15) is 0 Å². The van der Waals surface area contributed by atoms with Crippen molar-refractivity contribution >= 4 is 11.6 Å². The Labute approximate surface area is 224 Å². The Hall–Kier alpha value is -3.03. The molecule has 0 spiro atoms. The Balaban J connectivity index is 1.27. The number of amides is 1. The predicted molar refractivity (Wildman–Crippen MR) is 143 cm³/mol. The molecule has 0 saturated heterocycles. The molecular formula is C30H39N5O3. The molecule has 3 atom stereocenters. The highest BCUT2D eigenvalue weighted by atomic mass is 16.5. The van der Waals surface area contributed by atoms with Crippen LogP contribution in [-0.4, -0.2) is 32.7 Å². The number of benzene rings is 1. The van der Waals surface area contributed by atoms with Crippen LogP contribution in [0.15, 0.2) is 33.3 Å². The highest BCUT2D eigenvalue weighted by molar-refractivity contribution is 5.95. The minimum absolute atomic E-state index is 0.00768. The molecule has 2 aromatic heterocycles. The van der Waals surface area contributed by atoms with Crippen molar-refractivity contribution in [1.29, 1.82) is 0 Å². The topological polar surface area (TPSA) is 98.1 Å². The summed E-state index contributed by atoms with van der Waals surface area (Å²) < 4.78 is 11.2. The first-order valence-electron chi connectivity index (χ1n) is 14.6. The second-order valence-corrected chi connectivity index (χ2v) is 11.8. The Bertz CT molecular complexity index is 1260. The zero-order chi connectivity index (χ0) is 26.1. The summed E-state index contributed by atoms with van der Waals surface area (Å²) >= 11 is 0. The number of carbonyl (C=O) groups excluding carboxylic acids is 1. The first-order valence-corrected chi connectivity index (χ1v) is 14.6. The van der Waals surface area contributed by atoms with Crippen molar-refractivity contribution in [3.63, 3.8) is 0 Å². The second-order valence-electron chi connectivity index (χ2n) is 11.8.